The van der Waals surface area contributed by atoms with Gasteiger partial charge in [-0.1, -0.05) is 11.6 Å². The van der Waals surface area contributed by atoms with E-state index in [9.17, 15) is 5.11 Å². The lowest BCUT2D eigenvalue weighted by molar-refractivity contribution is 0.174. The number of ether oxygens (including phenoxy) is 1. The third-order valence-corrected chi connectivity index (χ3v) is 3.12. The Bertz CT molecular complexity index is 370. The van der Waals surface area contributed by atoms with Gasteiger partial charge in [0.15, 0.2) is 0 Å². The number of aliphatic hydroxyl groups excluding tert-OH is 1. The largest absolute Gasteiger partial charge is 0.496 e. The molecule has 1 aromatic rings. The van der Waals surface area contributed by atoms with E-state index in [1.54, 1.807) is 7.11 Å². The summed E-state index contributed by atoms with van der Waals surface area (Å²) in [7, 11) is 1.66. The maximum absolute atomic E-state index is 9.46. The standard InChI is InChI=1S/C12H16ClNO2/c1-16-12-3-2-10(13)6-9(12)7-14-5-4-11(15)8-14/h2-3,6,11,15H,4-5,7-8H2,1H3/t11-/m0/s1. The molecule has 1 aromatic carbocycles. The van der Waals surface area contributed by atoms with Gasteiger partial charge >= 0.3 is 0 Å². The van der Waals surface area contributed by atoms with E-state index < -0.39 is 0 Å². The summed E-state index contributed by atoms with van der Waals surface area (Å²) in [6, 6.07) is 5.62. The van der Waals surface area contributed by atoms with E-state index in [1.807, 2.05) is 18.2 Å². The molecule has 0 aromatic heterocycles. The predicted molar refractivity (Wildman–Crippen MR) is 63.9 cm³/mol. The van der Waals surface area contributed by atoms with Crippen molar-refractivity contribution in [3.63, 3.8) is 0 Å². The molecule has 1 atom stereocenters. The summed E-state index contributed by atoms with van der Waals surface area (Å²) in [4.78, 5) is 2.21. The number of halogens is 1. The zero-order valence-electron chi connectivity index (χ0n) is 9.32. The van der Waals surface area contributed by atoms with Gasteiger partial charge in [0.25, 0.3) is 0 Å². The van der Waals surface area contributed by atoms with Crippen molar-refractivity contribution in [3.05, 3.63) is 28.8 Å². The van der Waals surface area contributed by atoms with Crippen LogP contribution in [0.25, 0.3) is 0 Å². The topological polar surface area (TPSA) is 32.7 Å². The Morgan fingerprint density at radius 3 is 3.00 bits per heavy atom. The van der Waals surface area contributed by atoms with Crippen LogP contribution in [0.15, 0.2) is 18.2 Å². The van der Waals surface area contributed by atoms with Gasteiger partial charge in [-0.25, -0.2) is 0 Å². The van der Waals surface area contributed by atoms with Crippen LogP contribution >= 0.6 is 11.6 Å². The zero-order chi connectivity index (χ0) is 11.5. The van der Waals surface area contributed by atoms with Crippen molar-refractivity contribution < 1.29 is 9.84 Å². The van der Waals surface area contributed by atoms with E-state index >= 15 is 0 Å². The fourth-order valence-corrected chi connectivity index (χ4v) is 2.26. The third-order valence-electron chi connectivity index (χ3n) is 2.88. The van der Waals surface area contributed by atoms with Crippen LogP contribution in [0.1, 0.15) is 12.0 Å². The van der Waals surface area contributed by atoms with Crippen molar-refractivity contribution in [2.45, 2.75) is 19.1 Å². The lowest BCUT2D eigenvalue weighted by Gasteiger charge is -2.17. The SMILES string of the molecule is COc1ccc(Cl)cc1CN1CC[C@H](O)C1. The minimum atomic E-state index is -0.190. The second-order valence-corrected chi connectivity index (χ2v) is 4.57. The van der Waals surface area contributed by atoms with Crippen molar-refractivity contribution >= 4 is 11.6 Å². The molecule has 1 aliphatic rings. The number of likely N-dealkylation sites (tertiary alicyclic amines) is 1. The van der Waals surface area contributed by atoms with Crippen LogP contribution in [-0.4, -0.2) is 36.3 Å². The van der Waals surface area contributed by atoms with E-state index in [2.05, 4.69) is 4.90 Å². The molecule has 0 unspecified atom stereocenters. The number of rotatable bonds is 3. The molecule has 1 fully saturated rings. The lowest BCUT2D eigenvalue weighted by Crippen LogP contribution is -2.21. The normalized spacial score (nSPS) is 21.3. The number of nitrogens with zero attached hydrogens (tertiary/aromatic N) is 1. The number of hydrogen-bond donors (Lipinski definition) is 1. The Morgan fingerprint density at radius 2 is 2.38 bits per heavy atom. The van der Waals surface area contributed by atoms with E-state index in [0.29, 0.717) is 0 Å². The Kier molecular flexibility index (Phi) is 3.69. The van der Waals surface area contributed by atoms with E-state index in [1.165, 1.54) is 0 Å². The second-order valence-electron chi connectivity index (χ2n) is 4.13. The Balaban J connectivity index is 2.10. The minimum absolute atomic E-state index is 0.190. The molecule has 1 N–H and O–H groups in total. The molecule has 0 spiro atoms. The van der Waals surface area contributed by atoms with Crippen LogP contribution in [0.2, 0.25) is 5.02 Å². The van der Waals surface area contributed by atoms with Crippen LogP contribution in [-0.2, 0) is 6.54 Å². The first-order valence-corrected chi connectivity index (χ1v) is 5.79. The second kappa shape index (κ2) is 5.04. The van der Waals surface area contributed by atoms with Crippen molar-refractivity contribution in [3.8, 4) is 5.75 Å². The Hall–Kier alpha value is -0.770. The molecule has 0 radical (unpaired) electrons. The van der Waals surface area contributed by atoms with Gasteiger partial charge in [-0.2, -0.15) is 0 Å². The molecule has 1 saturated heterocycles. The van der Waals surface area contributed by atoms with Gasteiger partial charge < -0.3 is 9.84 Å². The molecule has 16 heavy (non-hydrogen) atoms. The first kappa shape index (κ1) is 11.7. The predicted octanol–water partition coefficient (Wildman–Crippen LogP) is 1.92. The molecular weight excluding hydrogens is 226 g/mol. The van der Waals surface area contributed by atoms with Crippen LogP contribution in [0.4, 0.5) is 0 Å². The number of β-amino-alcohol motifs (C(OH)–C–C–N with tert-alkyl or cyclic N) is 1. The summed E-state index contributed by atoms with van der Waals surface area (Å²) in [5.41, 5.74) is 1.07. The maximum atomic E-state index is 9.46. The maximum Gasteiger partial charge on any atom is 0.123 e. The quantitative estimate of drug-likeness (QED) is 0.878. The smallest absolute Gasteiger partial charge is 0.123 e. The highest BCUT2D eigenvalue weighted by Crippen LogP contribution is 2.25. The molecule has 2 rings (SSSR count). The average molecular weight is 242 g/mol. The van der Waals surface area contributed by atoms with Crippen LogP contribution in [0.3, 0.4) is 0 Å². The van der Waals surface area contributed by atoms with Crippen molar-refractivity contribution in [1.29, 1.82) is 0 Å². The molecule has 1 aliphatic heterocycles. The van der Waals surface area contributed by atoms with Gasteiger partial charge in [-0.05, 0) is 24.6 Å². The van der Waals surface area contributed by atoms with E-state index in [-0.39, 0.29) is 6.10 Å². The minimum Gasteiger partial charge on any atom is -0.496 e. The summed E-state index contributed by atoms with van der Waals surface area (Å²) >= 11 is 5.96. The zero-order valence-corrected chi connectivity index (χ0v) is 10.1. The average Bonchev–Trinajstić information content (AvgIpc) is 2.64. The van der Waals surface area contributed by atoms with Crippen molar-refractivity contribution in [2.24, 2.45) is 0 Å². The molecule has 0 saturated carbocycles. The monoisotopic (exact) mass is 241 g/mol. The number of methoxy groups -OCH3 is 1. The molecule has 88 valence electrons. The van der Waals surface area contributed by atoms with E-state index in [4.69, 9.17) is 16.3 Å². The summed E-state index contributed by atoms with van der Waals surface area (Å²) in [5, 5.41) is 10.2. The summed E-state index contributed by atoms with van der Waals surface area (Å²) < 4.78 is 5.29. The molecule has 0 amide bonds. The number of benzene rings is 1. The van der Waals surface area contributed by atoms with Crippen molar-refractivity contribution in [1.82, 2.24) is 4.90 Å². The Morgan fingerprint density at radius 1 is 1.56 bits per heavy atom. The van der Waals surface area contributed by atoms with Crippen molar-refractivity contribution in [2.75, 3.05) is 20.2 Å². The highest BCUT2D eigenvalue weighted by atomic mass is 35.5. The number of aliphatic hydroxyl groups is 1. The van der Waals surface area contributed by atoms with Gasteiger partial charge in [0.05, 0.1) is 13.2 Å². The summed E-state index contributed by atoms with van der Waals surface area (Å²) in [6.07, 6.45) is 0.660. The molecule has 3 nitrogen and oxygen atoms in total. The fourth-order valence-electron chi connectivity index (χ4n) is 2.07. The van der Waals surface area contributed by atoms with Crippen LogP contribution in [0, 0.1) is 0 Å². The first-order chi connectivity index (χ1) is 7.69. The van der Waals surface area contributed by atoms with Gasteiger partial charge in [-0.15, -0.1) is 0 Å². The lowest BCUT2D eigenvalue weighted by atomic mass is 10.2. The number of hydrogen-bond acceptors (Lipinski definition) is 3. The summed E-state index contributed by atoms with van der Waals surface area (Å²) in [5.74, 6) is 0.853. The highest BCUT2D eigenvalue weighted by Gasteiger charge is 2.21. The van der Waals surface area contributed by atoms with Gasteiger partial charge in [0.1, 0.15) is 5.75 Å². The van der Waals surface area contributed by atoms with Gasteiger partial charge in [0.2, 0.25) is 0 Å². The third kappa shape index (κ3) is 2.67. The van der Waals surface area contributed by atoms with Gasteiger partial charge in [0, 0.05) is 30.2 Å². The van der Waals surface area contributed by atoms with E-state index in [0.717, 1.165) is 42.4 Å². The molecule has 4 heteroatoms. The van der Waals surface area contributed by atoms with Crippen LogP contribution in [0.5, 0.6) is 5.75 Å². The van der Waals surface area contributed by atoms with Crippen LogP contribution < -0.4 is 4.74 Å². The van der Waals surface area contributed by atoms with Gasteiger partial charge in [-0.3, -0.25) is 4.90 Å². The molecule has 0 aliphatic carbocycles. The first-order valence-electron chi connectivity index (χ1n) is 5.42. The highest BCUT2D eigenvalue weighted by molar-refractivity contribution is 6.30. The molecule has 0 bridgehead atoms. The summed E-state index contributed by atoms with van der Waals surface area (Å²) in [6.45, 7) is 2.44. The fraction of sp³-hybridized carbons (Fsp3) is 0.500. The Labute approximate surface area is 101 Å². The molecular formula is C12H16ClNO2. The molecule has 1 heterocycles.